The Kier molecular flexibility index (Phi) is 14.5. The van der Waals surface area contributed by atoms with Gasteiger partial charge in [-0.2, -0.15) is 0 Å². The van der Waals surface area contributed by atoms with Crippen molar-refractivity contribution in [3.8, 4) is 0 Å². The molecule has 288 valence electrons. The number of benzene rings is 1. The van der Waals surface area contributed by atoms with Crippen LogP contribution in [0.5, 0.6) is 0 Å². The number of methoxy groups -OCH3 is 1. The zero-order valence-corrected chi connectivity index (χ0v) is 33.0. The van der Waals surface area contributed by atoms with Gasteiger partial charge in [-0.25, -0.2) is 0 Å². The Balaban J connectivity index is 1.05. The van der Waals surface area contributed by atoms with Crippen LogP contribution in [0.15, 0.2) is 24.3 Å². The van der Waals surface area contributed by atoms with Gasteiger partial charge in [0.2, 0.25) is 5.91 Å². The van der Waals surface area contributed by atoms with Crippen LogP contribution in [0.25, 0.3) is 0 Å². The van der Waals surface area contributed by atoms with Crippen LogP contribution in [-0.2, 0) is 25.5 Å². The Bertz CT molecular complexity index is 1280. The predicted molar refractivity (Wildman–Crippen MR) is 204 cm³/mol. The van der Waals surface area contributed by atoms with Crippen molar-refractivity contribution < 1.29 is 29.3 Å². The first-order valence-corrected chi connectivity index (χ1v) is 20.8. The van der Waals surface area contributed by atoms with Crippen molar-refractivity contribution in [3.63, 3.8) is 0 Å². The minimum absolute atomic E-state index is 0.0538. The van der Waals surface area contributed by atoms with Gasteiger partial charge in [0.25, 0.3) is 0 Å². The number of fused-ring (bicyclic) bond motifs is 5. The number of nitrogens with one attached hydrogen (secondary N) is 1. The standard InChI is InChI=1S/C41H64Cl2N2O6/c1-27(8-15-38(49)50-4)32-13-14-33-39-34(26-36(47)41(32,33)3)40(2)17-16-31(24-29(40)25-35(39)46)51-23-20-44-37(48)7-5-6-28-9-11-30(12-10-28)45(21-18-42)22-19-43/h9-12,27,29,31-36,39,46-47H,5-8,13-26H2,1-4H3,(H,44,48)/t27-,29+,31+,32-,33+,34+,35-,36+,39+,40+,41-/m1/s1. The molecule has 10 heteroatoms. The zero-order valence-electron chi connectivity index (χ0n) is 31.5. The first kappa shape index (κ1) is 40.6. The number of hydrogen-bond acceptors (Lipinski definition) is 7. The number of hydrogen-bond donors (Lipinski definition) is 3. The molecule has 0 saturated heterocycles. The van der Waals surface area contributed by atoms with Crippen LogP contribution < -0.4 is 10.2 Å². The summed E-state index contributed by atoms with van der Waals surface area (Å²) in [5, 5.41) is 26.7. The molecular weight excluding hydrogens is 687 g/mol. The SMILES string of the molecule is COC(=O)CC[C@@H](C)[C@H]1CC[C@H]2[C@@H]3[C@H](O)C[C@@H]4C[C@@H](OCCNC(=O)CCCc5ccc(N(CCCl)CCCl)cc5)CC[C@]4(C)[C@H]3C[C@H](O)[C@]12C. The van der Waals surface area contributed by atoms with Gasteiger partial charge in [-0.1, -0.05) is 32.9 Å². The summed E-state index contributed by atoms with van der Waals surface area (Å²) in [4.78, 5) is 26.6. The molecule has 1 amide bonds. The van der Waals surface area contributed by atoms with Gasteiger partial charge in [-0.05, 0) is 128 Å². The fourth-order valence-corrected chi connectivity index (χ4v) is 11.7. The third kappa shape index (κ3) is 9.04. The lowest BCUT2D eigenvalue weighted by Gasteiger charge is -2.63. The number of esters is 1. The van der Waals surface area contributed by atoms with E-state index in [1.807, 2.05) is 0 Å². The Labute approximate surface area is 316 Å². The summed E-state index contributed by atoms with van der Waals surface area (Å²) in [6, 6.07) is 8.44. The number of aliphatic hydroxyl groups is 2. The number of aryl methyl sites for hydroxylation is 1. The number of carbonyl (C=O) groups excluding carboxylic acids is 2. The Morgan fingerprint density at radius 1 is 1.00 bits per heavy atom. The quantitative estimate of drug-likeness (QED) is 0.0896. The Hall–Kier alpha value is -1.58. The van der Waals surface area contributed by atoms with Crippen molar-refractivity contribution in [3.05, 3.63) is 29.8 Å². The maximum Gasteiger partial charge on any atom is 0.305 e. The van der Waals surface area contributed by atoms with Crippen LogP contribution in [0.2, 0.25) is 0 Å². The molecule has 8 nitrogen and oxygen atoms in total. The molecule has 0 unspecified atom stereocenters. The van der Waals surface area contributed by atoms with Gasteiger partial charge in [0.15, 0.2) is 0 Å². The van der Waals surface area contributed by atoms with Gasteiger partial charge in [-0.15, -0.1) is 23.2 Å². The summed E-state index contributed by atoms with van der Waals surface area (Å²) in [5.74, 6) is 2.79. The predicted octanol–water partition coefficient (Wildman–Crippen LogP) is 6.98. The minimum Gasteiger partial charge on any atom is -0.469 e. The third-order valence-electron chi connectivity index (χ3n) is 14.2. The zero-order chi connectivity index (χ0) is 36.8. The van der Waals surface area contributed by atoms with E-state index in [2.05, 4.69) is 55.3 Å². The molecule has 3 N–H and O–H groups in total. The number of ether oxygens (including phenoxy) is 2. The molecule has 4 saturated carbocycles. The van der Waals surface area contributed by atoms with Crippen LogP contribution >= 0.6 is 23.2 Å². The molecule has 51 heavy (non-hydrogen) atoms. The van der Waals surface area contributed by atoms with E-state index in [-0.39, 0.29) is 40.8 Å². The first-order chi connectivity index (χ1) is 24.5. The maximum atomic E-state index is 12.6. The Morgan fingerprint density at radius 2 is 1.73 bits per heavy atom. The Morgan fingerprint density at radius 3 is 2.41 bits per heavy atom. The van der Waals surface area contributed by atoms with Crippen molar-refractivity contribution in [1.29, 1.82) is 0 Å². The number of carbonyl (C=O) groups is 2. The number of halogens is 2. The lowest BCUT2D eigenvalue weighted by molar-refractivity contribution is -0.209. The fourth-order valence-electron chi connectivity index (χ4n) is 11.3. The van der Waals surface area contributed by atoms with E-state index in [0.717, 1.165) is 83.0 Å². The molecule has 1 aromatic carbocycles. The summed E-state index contributed by atoms with van der Waals surface area (Å²) >= 11 is 11.9. The smallest absolute Gasteiger partial charge is 0.305 e. The van der Waals surface area contributed by atoms with E-state index in [9.17, 15) is 19.8 Å². The van der Waals surface area contributed by atoms with Crippen molar-refractivity contribution in [2.45, 2.75) is 116 Å². The molecule has 0 aromatic heterocycles. The van der Waals surface area contributed by atoms with Crippen LogP contribution in [0.1, 0.15) is 97.0 Å². The summed E-state index contributed by atoms with van der Waals surface area (Å²) < 4.78 is 11.2. The molecule has 5 rings (SSSR count). The fraction of sp³-hybridized carbons (Fsp3) is 0.805. The van der Waals surface area contributed by atoms with E-state index in [1.165, 1.54) is 12.7 Å². The highest BCUT2D eigenvalue weighted by molar-refractivity contribution is 6.18. The van der Waals surface area contributed by atoms with Crippen LogP contribution in [0.3, 0.4) is 0 Å². The largest absolute Gasteiger partial charge is 0.469 e. The molecule has 0 bridgehead atoms. The first-order valence-electron chi connectivity index (χ1n) is 19.7. The van der Waals surface area contributed by atoms with Crippen molar-refractivity contribution >= 4 is 40.8 Å². The lowest BCUT2D eigenvalue weighted by atomic mass is 9.43. The van der Waals surface area contributed by atoms with Crippen LogP contribution in [-0.4, -0.2) is 85.5 Å². The van der Waals surface area contributed by atoms with Gasteiger partial charge < -0.3 is 29.9 Å². The molecule has 0 radical (unpaired) electrons. The second-order valence-corrected chi connectivity index (χ2v) is 17.4. The highest BCUT2D eigenvalue weighted by atomic mass is 35.5. The summed E-state index contributed by atoms with van der Waals surface area (Å²) in [6.07, 6.45) is 9.20. The third-order valence-corrected chi connectivity index (χ3v) is 14.5. The summed E-state index contributed by atoms with van der Waals surface area (Å²) in [6.45, 7) is 9.44. The lowest BCUT2D eigenvalue weighted by Crippen LogP contribution is -2.62. The number of nitrogens with zero attached hydrogens (tertiary/aromatic N) is 1. The van der Waals surface area contributed by atoms with E-state index in [4.69, 9.17) is 32.7 Å². The minimum atomic E-state index is -0.406. The number of aliphatic hydroxyl groups excluding tert-OH is 2. The number of amides is 1. The van der Waals surface area contributed by atoms with Gasteiger partial charge in [0.1, 0.15) is 0 Å². The van der Waals surface area contributed by atoms with Crippen LogP contribution in [0.4, 0.5) is 5.69 Å². The number of rotatable bonds is 17. The molecule has 4 aliphatic carbocycles. The second kappa shape index (κ2) is 18.2. The van der Waals surface area contributed by atoms with E-state index in [1.54, 1.807) is 0 Å². The van der Waals surface area contributed by atoms with E-state index >= 15 is 0 Å². The maximum absolute atomic E-state index is 12.6. The molecule has 0 aliphatic heterocycles. The van der Waals surface area contributed by atoms with E-state index < -0.39 is 6.10 Å². The average Bonchev–Trinajstić information content (AvgIpc) is 3.48. The molecule has 0 spiro atoms. The molecular formula is C41H64Cl2N2O6. The van der Waals surface area contributed by atoms with Crippen molar-refractivity contribution in [2.24, 2.45) is 46.3 Å². The molecule has 4 fully saturated rings. The van der Waals surface area contributed by atoms with Gasteiger partial charge in [-0.3, -0.25) is 9.59 Å². The number of alkyl halides is 2. The van der Waals surface area contributed by atoms with Gasteiger partial charge in [0.05, 0.1) is 32.0 Å². The summed E-state index contributed by atoms with van der Waals surface area (Å²) in [7, 11) is 1.44. The van der Waals surface area contributed by atoms with Crippen molar-refractivity contribution in [2.75, 3.05) is 50.0 Å². The average molecular weight is 752 g/mol. The molecule has 11 atom stereocenters. The topological polar surface area (TPSA) is 108 Å². The number of anilines is 1. The van der Waals surface area contributed by atoms with Gasteiger partial charge in [0, 0.05) is 49.9 Å². The monoisotopic (exact) mass is 750 g/mol. The van der Waals surface area contributed by atoms with Crippen molar-refractivity contribution in [1.82, 2.24) is 5.32 Å². The highest BCUT2D eigenvalue weighted by Crippen LogP contribution is 2.68. The van der Waals surface area contributed by atoms with Crippen LogP contribution in [0, 0.1) is 46.3 Å². The molecule has 4 aliphatic rings. The highest BCUT2D eigenvalue weighted by Gasteiger charge is 2.65. The molecule has 0 heterocycles. The van der Waals surface area contributed by atoms with E-state index in [0.29, 0.717) is 67.3 Å². The molecule has 1 aromatic rings. The normalized spacial score (nSPS) is 34.9. The van der Waals surface area contributed by atoms with Gasteiger partial charge >= 0.3 is 5.97 Å². The summed E-state index contributed by atoms with van der Waals surface area (Å²) in [5.41, 5.74) is 2.15. The second-order valence-electron chi connectivity index (χ2n) is 16.7.